The molecule has 5 aromatic rings. The zero-order valence-electron chi connectivity index (χ0n) is 23.0. The van der Waals surface area contributed by atoms with Crippen LogP contribution in [0.3, 0.4) is 0 Å². The van der Waals surface area contributed by atoms with E-state index in [1.807, 2.05) is 54.6 Å². The van der Waals surface area contributed by atoms with E-state index in [9.17, 15) is 13.2 Å². The van der Waals surface area contributed by atoms with Crippen LogP contribution in [0.5, 0.6) is 11.5 Å². The maximum absolute atomic E-state index is 13.3. The monoisotopic (exact) mass is 570 g/mol. The summed E-state index contributed by atoms with van der Waals surface area (Å²) in [6, 6.07) is 26.9. The van der Waals surface area contributed by atoms with Crippen LogP contribution in [0.15, 0.2) is 95.9 Å². The Kier molecular flexibility index (Phi) is 8.19. The molecule has 1 heterocycles. The van der Waals surface area contributed by atoms with Crippen LogP contribution >= 0.6 is 0 Å². The minimum Gasteiger partial charge on any atom is -0.496 e. The number of fused-ring (bicyclic) bond motifs is 2. The number of para-hydroxylation sites is 1. The molecule has 0 saturated carbocycles. The zero-order valence-corrected chi connectivity index (χ0v) is 23.8. The van der Waals surface area contributed by atoms with Crippen LogP contribution in [0.2, 0.25) is 0 Å². The minimum absolute atomic E-state index is 0.151. The Morgan fingerprint density at radius 3 is 2.46 bits per heavy atom. The van der Waals surface area contributed by atoms with Gasteiger partial charge in [-0.25, -0.2) is 22.9 Å². The number of sulfonamides is 1. The molecule has 0 aliphatic carbocycles. The fourth-order valence-corrected chi connectivity index (χ4v) is 5.95. The lowest BCUT2D eigenvalue weighted by Gasteiger charge is -2.17. The lowest BCUT2D eigenvalue weighted by Crippen LogP contribution is -2.34. The summed E-state index contributed by atoms with van der Waals surface area (Å²) in [6.45, 7) is 2.07. The Hall–Kier alpha value is -4.47. The van der Waals surface area contributed by atoms with E-state index in [1.54, 1.807) is 43.3 Å². The molecule has 1 atom stereocenters. The third-order valence-corrected chi connectivity index (χ3v) is 8.31. The third-order valence-electron chi connectivity index (χ3n) is 6.73. The molecule has 210 valence electrons. The van der Waals surface area contributed by atoms with Crippen molar-refractivity contribution in [3.8, 4) is 11.5 Å². The summed E-state index contributed by atoms with van der Waals surface area (Å²) in [5, 5.41) is 2.70. The van der Waals surface area contributed by atoms with Crippen LogP contribution in [0.4, 0.5) is 0 Å². The standard InChI is InChI=1S/C32H30N2O6S/c1-21(16-24-8-9-25(32(35)39-3)19-31(24)38-2)34-41(36,37)29-15-12-22-11-14-28(17-26(22)18-29)40-20-27-13-10-23-6-4-5-7-30(23)33-27/h4-15,17-19,21,34H,16,20H2,1-3H3. The molecule has 9 heteroatoms. The van der Waals surface area contributed by atoms with Crippen molar-refractivity contribution in [3.05, 3.63) is 108 Å². The lowest BCUT2D eigenvalue weighted by molar-refractivity contribution is 0.0600. The Morgan fingerprint density at radius 1 is 0.878 bits per heavy atom. The number of benzene rings is 4. The number of esters is 1. The predicted octanol–water partition coefficient (Wildman–Crippen LogP) is 5.67. The summed E-state index contributed by atoms with van der Waals surface area (Å²) in [4.78, 5) is 16.6. The van der Waals surface area contributed by atoms with Gasteiger partial charge in [0.1, 0.15) is 18.1 Å². The molecule has 4 aromatic carbocycles. The van der Waals surface area contributed by atoms with Gasteiger partial charge in [0, 0.05) is 11.4 Å². The Morgan fingerprint density at radius 2 is 1.66 bits per heavy atom. The van der Waals surface area contributed by atoms with Gasteiger partial charge < -0.3 is 14.2 Å². The second-order valence-electron chi connectivity index (χ2n) is 9.70. The molecule has 5 rings (SSSR count). The number of methoxy groups -OCH3 is 2. The Balaban J connectivity index is 1.29. The molecule has 0 aliphatic rings. The summed E-state index contributed by atoms with van der Waals surface area (Å²) < 4.78 is 45.5. The first kappa shape index (κ1) is 28.1. The minimum atomic E-state index is -3.82. The van der Waals surface area contributed by atoms with Crippen molar-refractivity contribution in [1.82, 2.24) is 9.71 Å². The van der Waals surface area contributed by atoms with Gasteiger partial charge in [-0.15, -0.1) is 0 Å². The van der Waals surface area contributed by atoms with Crippen molar-refractivity contribution in [3.63, 3.8) is 0 Å². The van der Waals surface area contributed by atoms with Gasteiger partial charge in [0.15, 0.2) is 0 Å². The molecule has 0 fully saturated rings. The molecule has 0 radical (unpaired) electrons. The third kappa shape index (κ3) is 6.48. The number of carbonyl (C=O) groups is 1. The molecule has 1 aromatic heterocycles. The van der Waals surface area contributed by atoms with Crippen LogP contribution < -0.4 is 14.2 Å². The number of hydrogen-bond donors (Lipinski definition) is 1. The molecule has 0 amide bonds. The summed E-state index contributed by atoms with van der Waals surface area (Å²) in [7, 11) is -1.01. The fraction of sp³-hybridized carbons (Fsp3) is 0.188. The highest BCUT2D eigenvalue weighted by Crippen LogP contribution is 2.26. The number of carbonyl (C=O) groups excluding carboxylic acids is 1. The number of pyridine rings is 1. The van der Waals surface area contributed by atoms with E-state index in [4.69, 9.17) is 14.2 Å². The van der Waals surface area contributed by atoms with E-state index in [0.29, 0.717) is 23.5 Å². The van der Waals surface area contributed by atoms with Crippen LogP contribution in [0, 0.1) is 0 Å². The Labute approximate surface area is 238 Å². The van der Waals surface area contributed by atoms with Crippen molar-refractivity contribution < 1.29 is 27.4 Å². The first-order chi connectivity index (χ1) is 19.8. The van der Waals surface area contributed by atoms with Crippen LogP contribution in [0.1, 0.15) is 28.5 Å². The molecule has 0 spiro atoms. The summed E-state index contributed by atoms with van der Waals surface area (Å²) in [6.07, 6.45) is 0.359. The summed E-state index contributed by atoms with van der Waals surface area (Å²) in [5.74, 6) is 0.626. The van der Waals surface area contributed by atoms with E-state index < -0.39 is 22.0 Å². The number of nitrogens with one attached hydrogen (secondary N) is 1. The van der Waals surface area contributed by atoms with E-state index in [-0.39, 0.29) is 11.5 Å². The predicted molar refractivity (Wildman–Crippen MR) is 158 cm³/mol. The molecule has 41 heavy (non-hydrogen) atoms. The average Bonchev–Trinajstić information content (AvgIpc) is 2.99. The van der Waals surface area contributed by atoms with Gasteiger partial charge in [-0.3, -0.25) is 0 Å². The van der Waals surface area contributed by atoms with Gasteiger partial charge in [0.25, 0.3) is 0 Å². The van der Waals surface area contributed by atoms with Crippen molar-refractivity contribution in [2.75, 3.05) is 14.2 Å². The van der Waals surface area contributed by atoms with Gasteiger partial charge >= 0.3 is 5.97 Å². The van der Waals surface area contributed by atoms with Crippen molar-refractivity contribution in [2.24, 2.45) is 0 Å². The largest absolute Gasteiger partial charge is 0.496 e. The molecular weight excluding hydrogens is 540 g/mol. The maximum atomic E-state index is 13.3. The van der Waals surface area contributed by atoms with E-state index in [1.165, 1.54) is 14.2 Å². The van der Waals surface area contributed by atoms with Crippen LogP contribution in [0.25, 0.3) is 21.7 Å². The van der Waals surface area contributed by atoms with Crippen molar-refractivity contribution in [2.45, 2.75) is 30.9 Å². The summed E-state index contributed by atoms with van der Waals surface area (Å²) >= 11 is 0. The van der Waals surface area contributed by atoms with Crippen LogP contribution in [-0.2, 0) is 27.8 Å². The van der Waals surface area contributed by atoms with Gasteiger partial charge in [0.2, 0.25) is 10.0 Å². The topological polar surface area (TPSA) is 104 Å². The number of ether oxygens (including phenoxy) is 3. The first-order valence-electron chi connectivity index (χ1n) is 13.0. The molecule has 1 N–H and O–H groups in total. The molecule has 0 bridgehead atoms. The molecule has 8 nitrogen and oxygen atoms in total. The molecule has 0 aliphatic heterocycles. The second-order valence-corrected chi connectivity index (χ2v) is 11.4. The molecule has 0 saturated heterocycles. The van der Waals surface area contributed by atoms with Gasteiger partial charge in [-0.2, -0.15) is 0 Å². The molecule has 1 unspecified atom stereocenters. The molecular formula is C32H30N2O6S. The summed E-state index contributed by atoms with van der Waals surface area (Å²) in [5.41, 5.74) is 2.82. The Bertz CT molecular complexity index is 1840. The number of rotatable bonds is 10. The lowest BCUT2D eigenvalue weighted by atomic mass is 10.0. The second kappa shape index (κ2) is 12.0. The maximum Gasteiger partial charge on any atom is 0.337 e. The van der Waals surface area contributed by atoms with Gasteiger partial charge in [-0.05, 0) is 78.2 Å². The average molecular weight is 571 g/mol. The smallest absolute Gasteiger partial charge is 0.337 e. The van der Waals surface area contributed by atoms with Crippen molar-refractivity contribution >= 4 is 37.7 Å². The van der Waals surface area contributed by atoms with E-state index in [2.05, 4.69) is 9.71 Å². The van der Waals surface area contributed by atoms with E-state index in [0.717, 1.165) is 32.9 Å². The highest BCUT2D eigenvalue weighted by atomic mass is 32.2. The zero-order chi connectivity index (χ0) is 29.0. The SMILES string of the molecule is COC(=O)c1ccc(CC(C)NS(=O)(=O)c2ccc3ccc(OCc4ccc5ccccc5n4)cc3c2)c(OC)c1. The number of aromatic nitrogens is 1. The highest BCUT2D eigenvalue weighted by molar-refractivity contribution is 7.89. The fourth-order valence-electron chi connectivity index (χ4n) is 4.67. The number of nitrogens with zero attached hydrogens (tertiary/aromatic N) is 1. The highest BCUT2D eigenvalue weighted by Gasteiger charge is 2.20. The van der Waals surface area contributed by atoms with E-state index >= 15 is 0 Å². The van der Waals surface area contributed by atoms with Gasteiger partial charge in [0.05, 0.1) is 35.9 Å². The van der Waals surface area contributed by atoms with Crippen molar-refractivity contribution in [1.29, 1.82) is 0 Å². The quantitative estimate of drug-likeness (QED) is 0.216. The van der Waals surface area contributed by atoms with Gasteiger partial charge in [-0.1, -0.05) is 42.5 Å². The normalized spacial score (nSPS) is 12.3. The van der Waals surface area contributed by atoms with Crippen LogP contribution in [-0.4, -0.2) is 39.6 Å². The first-order valence-corrected chi connectivity index (χ1v) is 14.5. The number of hydrogen-bond acceptors (Lipinski definition) is 7.